The molecule has 0 saturated carbocycles. The summed E-state index contributed by atoms with van der Waals surface area (Å²) in [7, 11) is 5.22. The maximum atomic E-state index is 11.8. The van der Waals surface area contributed by atoms with Crippen LogP contribution in [-0.2, 0) is 11.8 Å². The fraction of sp³-hybridized carbons (Fsp3) is 0.583. The summed E-state index contributed by atoms with van der Waals surface area (Å²) in [4.78, 5) is 15.2. The maximum Gasteiger partial charge on any atom is 0.241 e. The summed E-state index contributed by atoms with van der Waals surface area (Å²) in [6, 6.07) is 2.15. The number of aryl methyl sites for hydroxylation is 2. The summed E-state index contributed by atoms with van der Waals surface area (Å²) in [5.41, 5.74) is 1.22. The lowest BCUT2D eigenvalue weighted by Crippen LogP contribution is -2.37. The van der Waals surface area contributed by atoms with Crippen LogP contribution < -0.4 is 4.90 Å². The van der Waals surface area contributed by atoms with E-state index in [9.17, 15) is 10.1 Å². The first-order valence-corrected chi connectivity index (χ1v) is 5.81. The van der Waals surface area contributed by atoms with Crippen LogP contribution in [0.25, 0.3) is 0 Å². The molecule has 0 unspecified atom stereocenters. The highest BCUT2D eigenvalue weighted by molar-refractivity contribution is 5.81. The molecule has 0 atom stereocenters. The number of nitrogens with zero attached hydrogens (tertiary/aromatic N) is 5. The first-order chi connectivity index (χ1) is 8.42. The van der Waals surface area contributed by atoms with Crippen molar-refractivity contribution in [3.63, 3.8) is 0 Å². The molecule has 0 spiro atoms. The Hall–Kier alpha value is -2.03. The molecular formula is C12H19N5O. The summed E-state index contributed by atoms with van der Waals surface area (Å²) in [6.45, 7) is 4.64. The number of likely N-dealkylation sites (N-methyl/N-ethyl adjacent to an activating group) is 2. The summed E-state index contributed by atoms with van der Waals surface area (Å²) < 4.78 is 1.65. The molecule has 0 aliphatic rings. The van der Waals surface area contributed by atoms with Crippen molar-refractivity contribution in [1.82, 2.24) is 14.7 Å². The van der Waals surface area contributed by atoms with Gasteiger partial charge in [-0.15, -0.1) is 0 Å². The van der Waals surface area contributed by atoms with E-state index in [0.717, 1.165) is 0 Å². The highest BCUT2D eigenvalue weighted by Gasteiger charge is 2.20. The van der Waals surface area contributed by atoms with E-state index in [1.807, 2.05) is 11.8 Å². The molecule has 1 rings (SSSR count). The van der Waals surface area contributed by atoms with E-state index in [4.69, 9.17) is 0 Å². The van der Waals surface area contributed by atoms with Crippen LogP contribution in [0.1, 0.15) is 18.2 Å². The van der Waals surface area contributed by atoms with Gasteiger partial charge in [0, 0.05) is 27.7 Å². The fourth-order valence-electron chi connectivity index (χ4n) is 1.78. The van der Waals surface area contributed by atoms with Crippen LogP contribution >= 0.6 is 0 Å². The first-order valence-electron chi connectivity index (χ1n) is 5.81. The Morgan fingerprint density at radius 2 is 2.11 bits per heavy atom. The second-order valence-corrected chi connectivity index (χ2v) is 4.32. The predicted octanol–water partition coefficient (Wildman–Crippen LogP) is 0.515. The monoisotopic (exact) mass is 249 g/mol. The Balaban J connectivity index is 3.10. The first kappa shape index (κ1) is 14.0. The van der Waals surface area contributed by atoms with Gasteiger partial charge in [-0.25, -0.2) is 0 Å². The van der Waals surface area contributed by atoms with Crippen molar-refractivity contribution >= 4 is 11.7 Å². The van der Waals surface area contributed by atoms with E-state index in [1.165, 1.54) is 4.90 Å². The standard InChI is InChI=1S/C12H19N5O/c1-6-17(8-11(18)15(3)4)12-10(7-13)9(2)14-16(12)5/h6,8H2,1-5H3. The molecule has 1 aromatic heterocycles. The number of amides is 1. The van der Waals surface area contributed by atoms with Gasteiger partial charge in [0.15, 0.2) is 0 Å². The summed E-state index contributed by atoms with van der Waals surface area (Å²) in [6.07, 6.45) is 0. The molecule has 0 radical (unpaired) electrons. The summed E-state index contributed by atoms with van der Waals surface area (Å²) in [5.74, 6) is 0.701. The Labute approximate surface area is 107 Å². The molecule has 0 N–H and O–H groups in total. The molecule has 0 bridgehead atoms. The summed E-state index contributed by atoms with van der Waals surface area (Å²) in [5, 5.41) is 13.4. The smallest absolute Gasteiger partial charge is 0.241 e. The number of carbonyl (C=O) groups excluding carboxylic acids is 1. The molecule has 0 aliphatic carbocycles. The molecule has 0 aromatic carbocycles. The Bertz CT molecular complexity index is 483. The molecule has 18 heavy (non-hydrogen) atoms. The number of hydrogen-bond donors (Lipinski definition) is 0. The minimum Gasteiger partial charge on any atom is -0.347 e. The zero-order chi connectivity index (χ0) is 13.9. The number of nitriles is 1. The average molecular weight is 249 g/mol. The van der Waals surface area contributed by atoms with Crippen LogP contribution in [0.2, 0.25) is 0 Å². The zero-order valence-electron chi connectivity index (χ0n) is 11.6. The summed E-state index contributed by atoms with van der Waals surface area (Å²) >= 11 is 0. The highest BCUT2D eigenvalue weighted by Crippen LogP contribution is 2.21. The predicted molar refractivity (Wildman–Crippen MR) is 69.2 cm³/mol. The fourth-order valence-corrected chi connectivity index (χ4v) is 1.78. The second-order valence-electron chi connectivity index (χ2n) is 4.32. The van der Waals surface area contributed by atoms with Crippen LogP contribution in [0.4, 0.5) is 5.82 Å². The molecule has 1 heterocycles. The minimum absolute atomic E-state index is 0.000377. The number of aromatic nitrogens is 2. The lowest BCUT2D eigenvalue weighted by molar-refractivity contribution is -0.127. The Morgan fingerprint density at radius 3 is 2.56 bits per heavy atom. The van der Waals surface area contributed by atoms with E-state index >= 15 is 0 Å². The van der Waals surface area contributed by atoms with Crippen LogP contribution in [0, 0.1) is 18.3 Å². The van der Waals surface area contributed by atoms with E-state index in [1.54, 1.807) is 32.7 Å². The van der Waals surface area contributed by atoms with Crippen LogP contribution in [0.15, 0.2) is 0 Å². The van der Waals surface area contributed by atoms with Crippen molar-refractivity contribution in [2.24, 2.45) is 7.05 Å². The lowest BCUT2D eigenvalue weighted by atomic mass is 10.2. The zero-order valence-corrected chi connectivity index (χ0v) is 11.6. The van der Waals surface area contributed by atoms with E-state index in [2.05, 4.69) is 11.2 Å². The second kappa shape index (κ2) is 5.54. The molecule has 6 nitrogen and oxygen atoms in total. The molecule has 1 aromatic rings. The quantitative estimate of drug-likeness (QED) is 0.780. The number of hydrogen-bond acceptors (Lipinski definition) is 4. The lowest BCUT2D eigenvalue weighted by Gasteiger charge is -2.24. The van der Waals surface area contributed by atoms with E-state index in [0.29, 0.717) is 23.6 Å². The minimum atomic E-state index is -0.000377. The Morgan fingerprint density at radius 1 is 1.50 bits per heavy atom. The normalized spacial score (nSPS) is 10.0. The van der Waals surface area contributed by atoms with Gasteiger partial charge >= 0.3 is 0 Å². The van der Waals surface area contributed by atoms with Gasteiger partial charge in [-0.3, -0.25) is 9.48 Å². The molecule has 98 valence electrons. The van der Waals surface area contributed by atoms with Crippen LogP contribution in [0.5, 0.6) is 0 Å². The van der Waals surface area contributed by atoms with Crippen LogP contribution in [0.3, 0.4) is 0 Å². The molecule has 0 saturated heterocycles. The molecule has 1 amide bonds. The van der Waals surface area contributed by atoms with Crippen molar-refractivity contribution in [1.29, 1.82) is 5.26 Å². The van der Waals surface area contributed by atoms with Gasteiger partial charge in [0.2, 0.25) is 5.91 Å². The average Bonchev–Trinajstić information content (AvgIpc) is 2.60. The van der Waals surface area contributed by atoms with Crippen molar-refractivity contribution in [3.05, 3.63) is 11.3 Å². The third-order valence-corrected chi connectivity index (χ3v) is 2.81. The number of anilines is 1. The molecule has 0 aliphatic heterocycles. The van der Waals surface area contributed by atoms with E-state index in [-0.39, 0.29) is 12.5 Å². The highest BCUT2D eigenvalue weighted by atomic mass is 16.2. The molecular weight excluding hydrogens is 230 g/mol. The van der Waals surface area contributed by atoms with Crippen molar-refractivity contribution in [2.75, 3.05) is 32.1 Å². The molecule has 6 heteroatoms. The van der Waals surface area contributed by atoms with Crippen molar-refractivity contribution < 1.29 is 4.79 Å². The molecule has 0 fully saturated rings. The number of carbonyl (C=O) groups is 1. The number of rotatable bonds is 4. The van der Waals surface area contributed by atoms with Gasteiger partial charge in [0.25, 0.3) is 0 Å². The largest absolute Gasteiger partial charge is 0.347 e. The van der Waals surface area contributed by atoms with Gasteiger partial charge in [-0.1, -0.05) is 0 Å². The van der Waals surface area contributed by atoms with Gasteiger partial charge in [-0.05, 0) is 13.8 Å². The topological polar surface area (TPSA) is 65.2 Å². The third-order valence-electron chi connectivity index (χ3n) is 2.81. The SMILES string of the molecule is CCN(CC(=O)N(C)C)c1c(C#N)c(C)nn1C. The maximum absolute atomic E-state index is 11.8. The van der Waals surface area contributed by atoms with Crippen molar-refractivity contribution in [2.45, 2.75) is 13.8 Å². The van der Waals surface area contributed by atoms with Gasteiger partial charge < -0.3 is 9.80 Å². The van der Waals surface area contributed by atoms with Crippen molar-refractivity contribution in [3.8, 4) is 6.07 Å². The van der Waals surface area contributed by atoms with E-state index < -0.39 is 0 Å². The van der Waals surface area contributed by atoms with Gasteiger partial charge in [-0.2, -0.15) is 10.4 Å². The van der Waals surface area contributed by atoms with Crippen LogP contribution in [-0.4, -0.2) is 47.8 Å². The van der Waals surface area contributed by atoms with Gasteiger partial charge in [0.1, 0.15) is 17.5 Å². The Kier molecular flexibility index (Phi) is 4.32. The van der Waals surface area contributed by atoms with Gasteiger partial charge in [0.05, 0.1) is 12.2 Å². The third kappa shape index (κ3) is 2.62.